The van der Waals surface area contributed by atoms with Gasteiger partial charge in [0.1, 0.15) is 5.75 Å². The van der Waals surface area contributed by atoms with Gasteiger partial charge in [-0.25, -0.2) is 4.98 Å². The summed E-state index contributed by atoms with van der Waals surface area (Å²) in [6.07, 6.45) is 2.89. The molecule has 4 rings (SSSR count). The van der Waals surface area contributed by atoms with Crippen molar-refractivity contribution in [3.05, 3.63) is 58.3 Å². The van der Waals surface area contributed by atoms with E-state index < -0.39 is 0 Å². The lowest BCUT2D eigenvalue weighted by molar-refractivity contribution is 0.353. The molecule has 3 aromatic rings. The summed E-state index contributed by atoms with van der Waals surface area (Å²) in [5, 5.41) is 0. The van der Waals surface area contributed by atoms with E-state index in [-0.39, 0.29) is 0 Å². The fourth-order valence-corrected chi connectivity index (χ4v) is 3.34. The molecule has 1 aliphatic rings. The highest BCUT2D eigenvalue weighted by Gasteiger charge is 2.18. The van der Waals surface area contributed by atoms with Crippen LogP contribution in [0.4, 0.5) is 0 Å². The Morgan fingerprint density at radius 3 is 3.10 bits per heavy atom. The zero-order valence-electron chi connectivity index (χ0n) is 10.8. The molecule has 1 aromatic heterocycles. The maximum absolute atomic E-state index is 5.79. The van der Waals surface area contributed by atoms with Gasteiger partial charge in [-0.05, 0) is 29.8 Å². The summed E-state index contributed by atoms with van der Waals surface area (Å²) in [5.74, 6) is 1.05. The molecule has 0 fully saturated rings. The van der Waals surface area contributed by atoms with Crippen LogP contribution in [0.25, 0.3) is 11.0 Å². The van der Waals surface area contributed by atoms with Gasteiger partial charge in [0.25, 0.3) is 0 Å². The minimum Gasteiger partial charge on any atom is -0.493 e. The number of hydrogen-bond donors (Lipinski definition) is 0. The first kappa shape index (κ1) is 12.0. The molecular formula is C16H13BrN2O. The topological polar surface area (TPSA) is 27.1 Å². The predicted octanol–water partition coefficient (Wildman–Crippen LogP) is 3.78. The zero-order chi connectivity index (χ0) is 13.5. The average Bonchev–Trinajstić information content (AvgIpc) is 3.06. The van der Waals surface area contributed by atoms with Gasteiger partial charge >= 0.3 is 0 Å². The molecule has 0 radical (unpaired) electrons. The molecule has 100 valence electrons. The summed E-state index contributed by atoms with van der Waals surface area (Å²) in [7, 11) is 0. The van der Waals surface area contributed by atoms with Crippen LogP contribution in [-0.4, -0.2) is 16.2 Å². The zero-order valence-corrected chi connectivity index (χ0v) is 12.4. The summed E-state index contributed by atoms with van der Waals surface area (Å²) in [4.78, 5) is 4.44. The average molecular weight is 329 g/mol. The number of aromatic nitrogens is 2. The predicted molar refractivity (Wildman–Crippen MR) is 82.2 cm³/mol. The maximum atomic E-state index is 5.79. The molecule has 0 aliphatic carbocycles. The van der Waals surface area contributed by atoms with Gasteiger partial charge in [0.15, 0.2) is 0 Å². The Labute approximate surface area is 125 Å². The molecule has 0 saturated heterocycles. The number of rotatable bonds is 2. The van der Waals surface area contributed by atoms with Crippen LogP contribution < -0.4 is 4.74 Å². The van der Waals surface area contributed by atoms with Crippen LogP contribution in [0.3, 0.4) is 0 Å². The highest BCUT2D eigenvalue weighted by molar-refractivity contribution is 9.10. The highest BCUT2D eigenvalue weighted by Crippen LogP contribution is 2.33. The molecule has 0 saturated carbocycles. The van der Waals surface area contributed by atoms with E-state index in [1.54, 1.807) is 0 Å². The third-order valence-electron chi connectivity index (χ3n) is 3.69. The van der Waals surface area contributed by atoms with Crippen LogP contribution in [-0.2, 0) is 13.0 Å². The van der Waals surface area contributed by atoms with Crippen LogP contribution in [0, 0.1) is 0 Å². The number of hydrogen-bond acceptors (Lipinski definition) is 2. The standard InChI is InChI=1S/C16H13BrN2O/c17-13-7-11-5-6-20-16(11)12(8-13)9-19-10-18-14-3-1-2-4-15(14)19/h1-4,7-8,10H,5-6,9H2. The molecule has 3 nitrogen and oxygen atoms in total. The molecule has 0 amide bonds. The third kappa shape index (κ3) is 1.91. The molecule has 0 N–H and O–H groups in total. The Balaban J connectivity index is 1.80. The lowest BCUT2D eigenvalue weighted by Gasteiger charge is -2.10. The molecule has 0 unspecified atom stereocenters. The van der Waals surface area contributed by atoms with Gasteiger partial charge in [-0.15, -0.1) is 0 Å². The summed E-state index contributed by atoms with van der Waals surface area (Å²) >= 11 is 3.59. The number of ether oxygens (including phenoxy) is 1. The normalized spacial score (nSPS) is 13.4. The van der Waals surface area contributed by atoms with E-state index in [4.69, 9.17) is 4.74 Å². The number of nitrogens with zero attached hydrogens (tertiary/aromatic N) is 2. The fourth-order valence-electron chi connectivity index (χ4n) is 2.78. The Morgan fingerprint density at radius 2 is 2.15 bits per heavy atom. The van der Waals surface area contributed by atoms with Crippen LogP contribution in [0.15, 0.2) is 47.2 Å². The van der Waals surface area contributed by atoms with E-state index >= 15 is 0 Å². The van der Waals surface area contributed by atoms with Crippen molar-refractivity contribution in [2.75, 3.05) is 6.61 Å². The van der Waals surface area contributed by atoms with Gasteiger partial charge in [-0.3, -0.25) is 0 Å². The van der Waals surface area contributed by atoms with Crippen molar-refractivity contribution in [1.29, 1.82) is 0 Å². The lowest BCUT2D eigenvalue weighted by atomic mass is 10.1. The third-order valence-corrected chi connectivity index (χ3v) is 4.15. The van der Waals surface area contributed by atoms with Crippen LogP contribution >= 0.6 is 15.9 Å². The molecule has 1 aliphatic heterocycles. The molecule has 20 heavy (non-hydrogen) atoms. The minimum atomic E-state index is 0.780. The van der Waals surface area contributed by atoms with E-state index in [2.05, 4.69) is 43.7 Å². The first-order chi connectivity index (χ1) is 9.81. The van der Waals surface area contributed by atoms with Crippen molar-refractivity contribution in [2.24, 2.45) is 0 Å². The van der Waals surface area contributed by atoms with Crippen molar-refractivity contribution < 1.29 is 4.74 Å². The maximum Gasteiger partial charge on any atom is 0.127 e. The first-order valence-electron chi connectivity index (χ1n) is 6.65. The number of imidazole rings is 1. The van der Waals surface area contributed by atoms with Gasteiger partial charge in [0.05, 0.1) is 30.5 Å². The van der Waals surface area contributed by atoms with Crippen molar-refractivity contribution in [3.63, 3.8) is 0 Å². The van der Waals surface area contributed by atoms with E-state index in [0.717, 1.165) is 40.8 Å². The Morgan fingerprint density at radius 1 is 1.25 bits per heavy atom. The molecule has 0 atom stereocenters. The molecule has 0 spiro atoms. The van der Waals surface area contributed by atoms with E-state index in [0.29, 0.717) is 0 Å². The Hall–Kier alpha value is -1.81. The SMILES string of the molecule is Brc1cc2c(c(Cn3cnc4ccccc43)c1)OCC2. The quantitative estimate of drug-likeness (QED) is 0.715. The van der Waals surface area contributed by atoms with Crippen molar-refractivity contribution in [2.45, 2.75) is 13.0 Å². The van der Waals surface area contributed by atoms with E-state index in [1.165, 1.54) is 11.1 Å². The summed E-state index contributed by atoms with van der Waals surface area (Å²) in [5.41, 5.74) is 4.67. The molecule has 2 heterocycles. The molecular weight excluding hydrogens is 316 g/mol. The van der Waals surface area contributed by atoms with Gasteiger partial charge in [0.2, 0.25) is 0 Å². The summed E-state index contributed by atoms with van der Waals surface area (Å²) < 4.78 is 9.07. The second-order valence-corrected chi connectivity index (χ2v) is 5.93. The van der Waals surface area contributed by atoms with Gasteiger partial charge in [-0.1, -0.05) is 28.1 Å². The van der Waals surface area contributed by atoms with Crippen molar-refractivity contribution in [1.82, 2.24) is 9.55 Å². The van der Waals surface area contributed by atoms with Crippen molar-refractivity contribution >= 4 is 27.0 Å². The number of para-hydroxylation sites is 2. The number of benzene rings is 2. The van der Waals surface area contributed by atoms with Crippen LogP contribution in [0.2, 0.25) is 0 Å². The second-order valence-electron chi connectivity index (χ2n) is 5.01. The summed E-state index contributed by atoms with van der Waals surface area (Å²) in [6.45, 7) is 1.56. The monoisotopic (exact) mass is 328 g/mol. The van der Waals surface area contributed by atoms with Crippen LogP contribution in [0.1, 0.15) is 11.1 Å². The Bertz CT molecular complexity index is 794. The largest absolute Gasteiger partial charge is 0.493 e. The van der Waals surface area contributed by atoms with Crippen molar-refractivity contribution in [3.8, 4) is 5.75 Å². The Kier molecular flexibility index (Phi) is 2.77. The summed E-state index contributed by atoms with van der Waals surface area (Å²) in [6, 6.07) is 12.5. The molecule has 0 bridgehead atoms. The van der Waals surface area contributed by atoms with E-state index in [9.17, 15) is 0 Å². The second kappa shape index (κ2) is 4.63. The van der Waals surface area contributed by atoms with E-state index in [1.807, 2.05) is 24.5 Å². The van der Waals surface area contributed by atoms with Gasteiger partial charge < -0.3 is 9.30 Å². The molecule has 4 heteroatoms. The number of fused-ring (bicyclic) bond motifs is 2. The van der Waals surface area contributed by atoms with Gasteiger partial charge in [0, 0.05) is 16.5 Å². The fraction of sp³-hybridized carbons (Fsp3) is 0.188. The lowest BCUT2D eigenvalue weighted by Crippen LogP contribution is -2.00. The number of halogens is 1. The van der Waals surface area contributed by atoms with Gasteiger partial charge in [-0.2, -0.15) is 0 Å². The molecule has 2 aromatic carbocycles. The first-order valence-corrected chi connectivity index (χ1v) is 7.44. The smallest absolute Gasteiger partial charge is 0.127 e. The van der Waals surface area contributed by atoms with Crippen LogP contribution in [0.5, 0.6) is 5.75 Å². The highest BCUT2D eigenvalue weighted by atomic mass is 79.9. The minimum absolute atomic E-state index is 0.780.